The van der Waals surface area contributed by atoms with Gasteiger partial charge in [-0.3, -0.25) is 4.98 Å². The lowest BCUT2D eigenvalue weighted by Gasteiger charge is -2.06. The minimum absolute atomic E-state index is 0.721. The van der Waals surface area contributed by atoms with E-state index in [0.717, 1.165) is 28.2 Å². The second kappa shape index (κ2) is 4.33. The number of hydrogen-bond donors (Lipinski definition) is 2. The molecule has 18 heavy (non-hydrogen) atoms. The lowest BCUT2D eigenvalue weighted by Crippen LogP contribution is -1.95. The fraction of sp³-hybridized carbons (Fsp3) is 0. The Morgan fingerprint density at radius 1 is 0.889 bits per heavy atom. The van der Waals surface area contributed by atoms with E-state index in [1.807, 2.05) is 48.5 Å². The van der Waals surface area contributed by atoms with E-state index < -0.39 is 0 Å². The zero-order valence-corrected chi connectivity index (χ0v) is 9.67. The molecule has 0 saturated carbocycles. The summed E-state index contributed by atoms with van der Waals surface area (Å²) in [5, 5.41) is 3.19. The van der Waals surface area contributed by atoms with E-state index in [1.165, 1.54) is 0 Å². The molecule has 0 saturated heterocycles. The highest BCUT2D eigenvalue weighted by atomic mass is 15.0. The Balaban J connectivity index is 1.92. The second-order valence-corrected chi connectivity index (χ2v) is 3.99. The maximum Gasteiger partial charge on any atom is 0.149 e. The second-order valence-electron chi connectivity index (χ2n) is 3.99. The number of nitrogens with one attached hydrogen (secondary N) is 1. The molecule has 0 aliphatic heterocycles. The topological polar surface area (TPSA) is 63.8 Å². The summed E-state index contributed by atoms with van der Waals surface area (Å²) in [6, 6.07) is 15.3. The van der Waals surface area contributed by atoms with Crippen LogP contribution in [0.2, 0.25) is 0 Å². The molecule has 0 atom stereocenters. The molecule has 0 unspecified atom stereocenters. The normalized spacial score (nSPS) is 10.4. The number of rotatable bonds is 2. The van der Waals surface area contributed by atoms with Crippen LogP contribution in [0.15, 0.2) is 54.7 Å². The van der Waals surface area contributed by atoms with Gasteiger partial charge in [-0.15, -0.1) is 0 Å². The van der Waals surface area contributed by atoms with E-state index >= 15 is 0 Å². The SMILES string of the molecule is Nc1ccc(Nc2cnc3ccccc3n2)cc1. The molecule has 0 amide bonds. The highest BCUT2D eigenvalue weighted by molar-refractivity contribution is 5.76. The number of nitrogens with two attached hydrogens (primary N) is 1. The fourth-order valence-electron chi connectivity index (χ4n) is 1.73. The van der Waals surface area contributed by atoms with Crippen LogP contribution >= 0.6 is 0 Å². The molecule has 0 aliphatic rings. The van der Waals surface area contributed by atoms with E-state index in [1.54, 1.807) is 6.20 Å². The third-order valence-electron chi connectivity index (χ3n) is 2.63. The zero-order valence-electron chi connectivity index (χ0n) is 9.67. The molecular weight excluding hydrogens is 224 g/mol. The number of benzene rings is 2. The average molecular weight is 236 g/mol. The molecule has 0 bridgehead atoms. The van der Waals surface area contributed by atoms with Crippen LogP contribution < -0.4 is 11.1 Å². The number of aromatic nitrogens is 2. The van der Waals surface area contributed by atoms with E-state index in [4.69, 9.17) is 5.73 Å². The predicted molar refractivity (Wildman–Crippen MR) is 73.7 cm³/mol. The molecule has 4 heteroatoms. The van der Waals surface area contributed by atoms with Crippen LogP contribution in [0.5, 0.6) is 0 Å². The van der Waals surface area contributed by atoms with Crippen LogP contribution in [-0.4, -0.2) is 9.97 Å². The summed E-state index contributed by atoms with van der Waals surface area (Å²) < 4.78 is 0. The van der Waals surface area contributed by atoms with Crippen molar-refractivity contribution in [2.45, 2.75) is 0 Å². The summed E-state index contributed by atoms with van der Waals surface area (Å²) in [5.41, 5.74) is 9.08. The molecular formula is C14H12N4. The Labute approximate surface area is 104 Å². The van der Waals surface area contributed by atoms with Gasteiger partial charge in [0.15, 0.2) is 0 Å². The molecule has 1 aromatic heterocycles. The van der Waals surface area contributed by atoms with Crippen LogP contribution in [0.25, 0.3) is 11.0 Å². The van der Waals surface area contributed by atoms with Gasteiger partial charge in [-0.1, -0.05) is 12.1 Å². The van der Waals surface area contributed by atoms with Gasteiger partial charge in [0.1, 0.15) is 5.82 Å². The summed E-state index contributed by atoms with van der Waals surface area (Å²) in [6.45, 7) is 0. The van der Waals surface area contributed by atoms with Gasteiger partial charge in [-0.05, 0) is 36.4 Å². The van der Waals surface area contributed by atoms with Gasteiger partial charge in [0.05, 0.1) is 17.2 Å². The number of nitrogen functional groups attached to an aromatic ring is 1. The molecule has 3 N–H and O–H groups in total. The third-order valence-corrected chi connectivity index (χ3v) is 2.63. The van der Waals surface area contributed by atoms with Gasteiger partial charge in [-0.25, -0.2) is 4.98 Å². The Kier molecular flexibility index (Phi) is 2.53. The largest absolute Gasteiger partial charge is 0.399 e. The van der Waals surface area contributed by atoms with Crippen LogP contribution in [-0.2, 0) is 0 Å². The van der Waals surface area contributed by atoms with Crippen molar-refractivity contribution < 1.29 is 0 Å². The highest BCUT2D eigenvalue weighted by Crippen LogP contribution is 2.17. The van der Waals surface area contributed by atoms with Crippen LogP contribution in [0.3, 0.4) is 0 Å². The van der Waals surface area contributed by atoms with Crippen molar-refractivity contribution >= 4 is 28.2 Å². The number of fused-ring (bicyclic) bond motifs is 1. The van der Waals surface area contributed by atoms with E-state index in [9.17, 15) is 0 Å². The first kappa shape index (κ1) is 10.5. The lowest BCUT2D eigenvalue weighted by molar-refractivity contribution is 1.28. The van der Waals surface area contributed by atoms with Crippen molar-refractivity contribution in [3.63, 3.8) is 0 Å². The van der Waals surface area contributed by atoms with E-state index in [-0.39, 0.29) is 0 Å². The van der Waals surface area contributed by atoms with Crippen molar-refractivity contribution in [1.29, 1.82) is 0 Å². The third kappa shape index (κ3) is 2.08. The Bertz CT molecular complexity index is 677. The minimum Gasteiger partial charge on any atom is -0.399 e. The standard InChI is InChI=1S/C14H12N4/c15-10-5-7-11(8-6-10)17-14-9-16-12-3-1-2-4-13(12)18-14/h1-9H,15H2,(H,17,18). The fourth-order valence-corrected chi connectivity index (χ4v) is 1.73. The maximum absolute atomic E-state index is 5.64. The summed E-state index contributed by atoms with van der Waals surface area (Å²) in [7, 11) is 0. The number of anilines is 3. The maximum atomic E-state index is 5.64. The molecule has 1 heterocycles. The van der Waals surface area contributed by atoms with Crippen molar-refractivity contribution in [3.05, 3.63) is 54.7 Å². The predicted octanol–water partition coefficient (Wildman–Crippen LogP) is 2.96. The van der Waals surface area contributed by atoms with Crippen molar-refractivity contribution in [2.75, 3.05) is 11.1 Å². The van der Waals surface area contributed by atoms with Crippen molar-refractivity contribution in [1.82, 2.24) is 9.97 Å². The summed E-state index contributed by atoms with van der Waals surface area (Å²) in [4.78, 5) is 8.83. The summed E-state index contributed by atoms with van der Waals surface area (Å²) in [5.74, 6) is 0.721. The van der Waals surface area contributed by atoms with E-state index in [2.05, 4.69) is 15.3 Å². The molecule has 88 valence electrons. The van der Waals surface area contributed by atoms with Gasteiger partial charge >= 0.3 is 0 Å². The van der Waals surface area contributed by atoms with Gasteiger partial charge in [0.2, 0.25) is 0 Å². The molecule has 0 aliphatic carbocycles. The smallest absolute Gasteiger partial charge is 0.149 e. The molecule has 3 rings (SSSR count). The molecule has 2 aromatic carbocycles. The molecule has 0 fully saturated rings. The van der Waals surface area contributed by atoms with Gasteiger partial charge in [0.25, 0.3) is 0 Å². The quantitative estimate of drug-likeness (QED) is 0.671. The Hall–Kier alpha value is -2.62. The van der Waals surface area contributed by atoms with Crippen molar-refractivity contribution in [2.24, 2.45) is 0 Å². The molecule has 4 nitrogen and oxygen atoms in total. The van der Waals surface area contributed by atoms with Crippen LogP contribution in [0, 0.1) is 0 Å². The van der Waals surface area contributed by atoms with Crippen LogP contribution in [0.1, 0.15) is 0 Å². The first-order valence-electron chi connectivity index (χ1n) is 5.66. The Morgan fingerprint density at radius 2 is 1.61 bits per heavy atom. The highest BCUT2D eigenvalue weighted by Gasteiger charge is 1.99. The van der Waals surface area contributed by atoms with Crippen molar-refractivity contribution in [3.8, 4) is 0 Å². The summed E-state index contributed by atoms with van der Waals surface area (Å²) >= 11 is 0. The molecule has 3 aromatic rings. The monoisotopic (exact) mass is 236 g/mol. The molecule has 0 spiro atoms. The van der Waals surface area contributed by atoms with Gasteiger partial charge < -0.3 is 11.1 Å². The number of hydrogen-bond acceptors (Lipinski definition) is 4. The summed E-state index contributed by atoms with van der Waals surface area (Å²) in [6.07, 6.45) is 1.72. The van der Waals surface area contributed by atoms with Crippen LogP contribution in [0.4, 0.5) is 17.2 Å². The van der Waals surface area contributed by atoms with Gasteiger partial charge in [-0.2, -0.15) is 0 Å². The zero-order chi connectivity index (χ0) is 12.4. The first-order valence-corrected chi connectivity index (χ1v) is 5.66. The Morgan fingerprint density at radius 3 is 2.39 bits per heavy atom. The first-order chi connectivity index (χ1) is 8.81. The molecule has 0 radical (unpaired) electrons. The van der Waals surface area contributed by atoms with Gasteiger partial charge in [0, 0.05) is 11.4 Å². The lowest BCUT2D eigenvalue weighted by atomic mass is 10.3. The average Bonchev–Trinajstić information content (AvgIpc) is 2.41. The number of para-hydroxylation sites is 2. The number of nitrogens with zero attached hydrogens (tertiary/aromatic N) is 2. The minimum atomic E-state index is 0.721. The van der Waals surface area contributed by atoms with E-state index in [0.29, 0.717) is 0 Å².